The van der Waals surface area contributed by atoms with Gasteiger partial charge in [-0.2, -0.15) is 13.2 Å². The lowest BCUT2D eigenvalue weighted by atomic mass is 10.1. The molecular formula is C19H15F3N2O4. The van der Waals surface area contributed by atoms with Crippen LogP contribution in [0, 0.1) is 0 Å². The normalized spacial score (nSPS) is 12.5. The zero-order chi connectivity index (χ0) is 20.3. The van der Waals surface area contributed by atoms with Gasteiger partial charge in [-0.15, -0.1) is 10.2 Å². The number of ether oxygens (including phenoxy) is 2. The number of benzene rings is 2. The van der Waals surface area contributed by atoms with Crippen molar-refractivity contribution in [3.8, 4) is 17.2 Å². The molecule has 0 spiro atoms. The minimum Gasteiger partial charge on any atom is -0.497 e. The van der Waals surface area contributed by atoms with Gasteiger partial charge in [-0.1, -0.05) is 6.07 Å². The quantitative estimate of drug-likeness (QED) is 0.587. The largest absolute Gasteiger partial charge is 0.497 e. The van der Waals surface area contributed by atoms with Crippen molar-refractivity contribution in [3.05, 3.63) is 65.5 Å². The third-order valence-electron chi connectivity index (χ3n) is 3.83. The molecule has 0 radical (unpaired) electrons. The monoisotopic (exact) mass is 392 g/mol. The molecule has 146 valence electrons. The Morgan fingerprint density at radius 2 is 1.82 bits per heavy atom. The second kappa shape index (κ2) is 7.71. The molecular weight excluding hydrogens is 377 g/mol. The maximum atomic E-state index is 12.8. The van der Waals surface area contributed by atoms with Crippen LogP contribution in [0.15, 0.2) is 52.9 Å². The van der Waals surface area contributed by atoms with E-state index in [1.165, 1.54) is 13.0 Å². The van der Waals surface area contributed by atoms with Crippen molar-refractivity contribution in [2.24, 2.45) is 0 Å². The molecule has 0 aliphatic carbocycles. The topological polar surface area (TPSA) is 74.5 Å². The molecule has 0 saturated heterocycles. The summed E-state index contributed by atoms with van der Waals surface area (Å²) in [5, 5.41) is 7.73. The summed E-state index contributed by atoms with van der Waals surface area (Å²) in [4.78, 5) is 12.2. The predicted octanol–water partition coefficient (Wildman–Crippen LogP) is 4.68. The number of esters is 1. The van der Waals surface area contributed by atoms with Gasteiger partial charge in [-0.3, -0.25) is 0 Å². The van der Waals surface area contributed by atoms with Crippen LogP contribution in [0.2, 0.25) is 0 Å². The Bertz CT molecular complexity index is 968. The van der Waals surface area contributed by atoms with Crippen molar-refractivity contribution in [1.29, 1.82) is 0 Å². The van der Waals surface area contributed by atoms with Gasteiger partial charge in [0.05, 0.1) is 18.2 Å². The summed E-state index contributed by atoms with van der Waals surface area (Å²) in [7, 11) is 1.54. The Hall–Kier alpha value is -3.36. The number of alkyl halides is 3. The van der Waals surface area contributed by atoms with E-state index in [9.17, 15) is 18.0 Å². The van der Waals surface area contributed by atoms with Crippen LogP contribution in [0.25, 0.3) is 11.5 Å². The van der Waals surface area contributed by atoms with Crippen molar-refractivity contribution < 1.29 is 31.9 Å². The van der Waals surface area contributed by atoms with E-state index in [0.717, 1.165) is 18.2 Å². The zero-order valence-electron chi connectivity index (χ0n) is 14.9. The third-order valence-corrected chi connectivity index (χ3v) is 3.83. The fourth-order valence-corrected chi connectivity index (χ4v) is 2.35. The molecule has 9 heteroatoms. The lowest BCUT2D eigenvalue weighted by Crippen LogP contribution is -2.12. The van der Waals surface area contributed by atoms with Crippen LogP contribution < -0.4 is 4.74 Å². The fourth-order valence-electron chi connectivity index (χ4n) is 2.35. The van der Waals surface area contributed by atoms with Crippen molar-refractivity contribution in [2.45, 2.75) is 19.2 Å². The molecule has 2 aromatic carbocycles. The molecule has 28 heavy (non-hydrogen) atoms. The molecule has 0 saturated carbocycles. The highest BCUT2D eigenvalue weighted by atomic mass is 19.4. The summed E-state index contributed by atoms with van der Waals surface area (Å²) >= 11 is 0. The molecule has 1 aromatic heterocycles. The number of hydrogen-bond acceptors (Lipinski definition) is 6. The fraction of sp³-hybridized carbons (Fsp3) is 0.211. The summed E-state index contributed by atoms with van der Waals surface area (Å²) < 4.78 is 54.1. The number of methoxy groups -OCH3 is 1. The van der Waals surface area contributed by atoms with Gasteiger partial charge in [-0.25, -0.2) is 4.79 Å². The van der Waals surface area contributed by atoms with Gasteiger partial charge in [0.2, 0.25) is 5.89 Å². The van der Waals surface area contributed by atoms with Crippen LogP contribution >= 0.6 is 0 Å². The molecule has 6 nitrogen and oxygen atoms in total. The molecule has 0 fully saturated rings. The lowest BCUT2D eigenvalue weighted by Gasteiger charge is -2.11. The number of halogens is 3. The van der Waals surface area contributed by atoms with E-state index in [2.05, 4.69) is 10.2 Å². The summed E-state index contributed by atoms with van der Waals surface area (Å²) in [6.45, 7) is 1.48. The van der Waals surface area contributed by atoms with Crippen LogP contribution in [-0.2, 0) is 10.9 Å². The van der Waals surface area contributed by atoms with Gasteiger partial charge in [0, 0.05) is 5.56 Å². The second-order valence-electron chi connectivity index (χ2n) is 5.80. The smallest absolute Gasteiger partial charge is 0.416 e. The van der Waals surface area contributed by atoms with Gasteiger partial charge >= 0.3 is 12.1 Å². The average Bonchev–Trinajstić information content (AvgIpc) is 3.18. The highest BCUT2D eigenvalue weighted by molar-refractivity contribution is 5.89. The number of aromatic nitrogens is 2. The Morgan fingerprint density at radius 3 is 2.46 bits per heavy atom. The van der Waals surface area contributed by atoms with Crippen molar-refractivity contribution in [3.63, 3.8) is 0 Å². The van der Waals surface area contributed by atoms with Gasteiger partial charge in [0.15, 0.2) is 6.10 Å². The molecule has 0 aliphatic heterocycles. The highest BCUT2D eigenvalue weighted by Crippen LogP contribution is 2.30. The second-order valence-corrected chi connectivity index (χ2v) is 5.80. The average molecular weight is 392 g/mol. The molecule has 0 bridgehead atoms. The van der Waals surface area contributed by atoms with E-state index in [4.69, 9.17) is 13.9 Å². The SMILES string of the molecule is COc1ccc(-c2nnc([C@H](C)OC(=O)c3cccc(C(F)(F)F)c3)o2)cc1. The highest BCUT2D eigenvalue weighted by Gasteiger charge is 2.31. The number of nitrogens with zero attached hydrogens (tertiary/aromatic N) is 2. The Morgan fingerprint density at radius 1 is 1.11 bits per heavy atom. The van der Waals surface area contributed by atoms with E-state index in [1.807, 2.05) is 0 Å². The standard InChI is InChI=1S/C19H15F3N2O4/c1-11(27-18(25)13-4-3-5-14(10-13)19(20,21)22)16-23-24-17(28-16)12-6-8-15(26-2)9-7-12/h3-11H,1-2H3/t11-/m0/s1. The summed E-state index contributed by atoms with van der Waals surface area (Å²) in [5.41, 5.74) is -0.526. The first-order valence-corrected chi connectivity index (χ1v) is 8.14. The minimum atomic E-state index is -4.55. The van der Waals surface area contributed by atoms with E-state index in [0.29, 0.717) is 11.3 Å². The van der Waals surface area contributed by atoms with Crippen molar-refractivity contribution in [2.75, 3.05) is 7.11 Å². The molecule has 3 aromatic rings. The number of carbonyl (C=O) groups is 1. The molecule has 0 N–H and O–H groups in total. The van der Waals surface area contributed by atoms with Crippen LogP contribution in [0.4, 0.5) is 13.2 Å². The zero-order valence-corrected chi connectivity index (χ0v) is 14.9. The van der Waals surface area contributed by atoms with Crippen molar-refractivity contribution in [1.82, 2.24) is 10.2 Å². The third kappa shape index (κ3) is 4.30. The van der Waals surface area contributed by atoms with Crippen LogP contribution in [0.1, 0.15) is 34.8 Å². The predicted molar refractivity (Wildman–Crippen MR) is 91.6 cm³/mol. The Labute approximate surface area is 157 Å². The van der Waals surface area contributed by atoms with E-state index >= 15 is 0 Å². The van der Waals surface area contributed by atoms with E-state index in [-0.39, 0.29) is 17.3 Å². The van der Waals surface area contributed by atoms with Crippen LogP contribution in [0.3, 0.4) is 0 Å². The molecule has 0 amide bonds. The summed E-state index contributed by atoms with van der Waals surface area (Å²) in [6.07, 6.45) is -5.50. The maximum Gasteiger partial charge on any atom is 0.416 e. The van der Waals surface area contributed by atoms with E-state index in [1.54, 1.807) is 31.4 Å². The first kappa shape index (κ1) is 19.4. The van der Waals surface area contributed by atoms with Crippen molar-refractivity contribution >= 4 is 5.97 Å². The first-order valence-electron chi connectivity index (χ1n) is 8.14. The van der Waals surface area contributed by atoms with Gasteiger partial charge in [0.1, 0.15) is 5.75 Å². The molecule has 1 heterocycles. The number of hydrogen-bond donors (Lipinski definition) is 0. The van der Waals surface area contributed by atoms with Gasteiger partial charge in [-0.05, 0) is 49.4 Å². The molecule has 3 rings (SSSR count). The minimum absolute atomic E-state index is 0.0196. The Balaban J connectivity index is 1.72. The maximum absolute atomic E-state index is 12.8. The summed E-state index contributed by atoms with van der Waals surface area (Å²) in [5.74, 6) is -0.0413. The number of rotatable bonds is 5. The van der Waals surface area contributed by atoms with Gasteiger partial charge in [0.25, 0.3) is 5.89 Å². The first-order chi connectivity index (χ1) is 13.3. The summed E-state index contributed by atoms with van der Waals surface area (Å²) in [6, 6.07) is 10.8. The van der Waals surface area contributed by atoms with Crippen LogP contribution in [-0.4, -0.2) is 23.3 Å². The molecule has 0 aliphatic rings. The molecule has 0 unspecified atom stereocenters. The van der Waals surface area contributed by atoms with Gasteiger partial charge < -0.3 is 13.9 Å². The molecule has 1 atom stereocenters. The number of carbonyl (C=O) groups excluding carboxylic acids is 1. The van der Waals surface area contributed by atoms with E-state index < -0.39 is 23.8 Å². The lowest BCUT2D eigenvalue weighted by molar-refractivity contribution is -0.137. The Kier molecular flexibility index (Phi) is 5.34. The van der Waals surface area contributed by atoms with Crippen LogP contribution in [0.5, 0.6) is 5.75 Å².